The van der Waals surface area contributed by atoms with Crippen molar-refractivity contribution >= 4 is 22.0 Å². The maximum atomic E-state index is 11.7. The molecule has 0 unspecified atom stereocenters. The molecule has 0 bridgehead atoms. The quantitative estimate of drug-likeness (QED) is 0.847. The number of amides is 2. The molecule has 1 heterocycles. The van der Waals surface area contributed by atoms with Crippen molar-refractivity contribution in [3.05, 3.63) is 16.4 Å². The van der Waals surface area contributed by atoms with Crippen LogP contribution in [0.2, 0.25) is 0 Å². The topological polar surface area (TPSA) is 50.2 Å². The lowest BCUT2D eigenvalue weighted by Gasteiger charge is -2.18. The molecule has 0 atom stereocenters. The molecule has 96 valence electrons. The highest BCUT2D eigenvalue weighted by atomic mass is 79.9. The Kier molecular flexibility index (Phi) is 5.47. The lowest BCUT2D eigenvalue weighted by Crippen LogP contribution is -2.37. The van der Waals surface area contributed by atoms with Crippen LogP contribution in [0.1, 0.15) is 25.5 Å². The van der Waals surface area contributed by atoms with E-state index >= 15 is 0 Å². The molecule has 0 aliphatic carbocycles. The van der Waals surface area contributed by atoms with Crippen molar-refractivity contribution in [2.24, 2.45) is 7.05 Å². The van der Waals surface area contributed by atoms with Crippen molar-refractivity contribution in [1.82, 2.24) is 20.0 Å². The summed E-state index contributed by atoms with van der Waals surface area (Å²) in [5.41, 5.74) is 0.984. The van der Waals surface area contributed by atoms with E-state index < -0.39 is 0 Å². The third-order valence-corrected chi connectivity index (χ3v) is 3.21. The van der Waals surface area contributed by atoms with Gasteiger partial charge in [0.25, 0.3) is 0 Å². The smallest absolute Gasteiger partial charge is 0.317 e. The second kappa shape index (κ2) is 6.64. The second-order valence-corrected chi connectivity index (χ2v) is 4.86. The number of nitrogens with one attached hydrogen (secondary N) is 1. The summed E-state index contributed by atoms with van der Waals surface area (Å²) < 4.78 is 2.69. The number of urea groups is 1. The molecule has 0 saturated heterocycles. The number of hydrogen-bond acceptors (Lipinski definition) is 2. The van der Waals surface area contributed by atoms with Gasteiger partial charge < -0.3 is 10.2 Å². The van der Waals surface area contributed by atoms with Gasteiger partial charge in [0, 0.05) is 20.6 Å². The van der Waals surface area contributed by atoms with Crippen LogP contribution in [0.25, 0.3) is 0 Å². The number of aryl methyl sites for hydroxylation is 1. The first kappa shape index (κ1) is 14.0. The molecule has 0 fully saturated rings. The van der Waals surface area contributed by atoms with Crippen LogP contribution in [-0.2, 0) is 13.6 Å². The maximum Gasteiger partial charge on any atom is 0.317 e. The molecule has 1 N–H and O–H groups in total. The Balaban J connectivity index is 2.48. The van der Waals surface area contributed by atoms with Crippen LogP contribution in [0.4, 0.5) is 4.79 Å². The summed E-state index contributed by atoms with van der Waals surface area (Å²) in [4.78, 5) is 13.4. The van der Waals surface area contributed by atoms with Gasteiger partial charge in [-0.2, -0.15) is 5.10 Å². The minimum absolute atomic E-state index is 0.0495. The normalized spacial score (nSPS) is 10.4. The molecule has 1 aromatic rings. The third-order valence-electron chi connectivity index (χ3n) is 2.55. The zero-order valence-corrected chi connectivity index (χ0v) is 12.1. The molecule has 0 radical (unpaired) electrons. The average molecular weight is 303 g/mol. The molecular weight excluding hydrogens is 284 g/mol. The number of carbonyl (C=O) groups excluding carboxylic acids is 1. The molecule has 1 rings (SSSR count). The Labute approximate surface area is 110 Å². The van der Waals surface area contributed by atoms with Crippen LogP contribution < -0.4 is 5.32 Å². The van der Waals surface area contributed by atoms with Crippen LogP contribution in [0.3, 0.4) is 0 Å². The summed E-state index contributed by atoms with van der Waals surface area (Å²) in [6, 6.07) is -0.0495. The molecule has 5 nitrogen and oxygen atoms in total. The standard InChI is InChI=1S/C11H19BrN4O/c1-4-5-6-13-11(17)15(2)8-10-9(12)7-14-16(10)3/h7H,4-6,8H2,1-3H3,(H,13,17). The highest BCUT2D eigenvalue weighted by Crippen LogP contribution is 2.16. The first-order valence-electron chi connectivity index (χ1n) is 5.71. The van der Waals surface area contributed by atoms with Gasteiger partial charge in [-0.3, -0.25) is 4.68 Å². The van der Waals surface area contributed by atoms with Gasteiger partial charge in [0.05, 0.1) is 22.9 Å². The number of rotatable bonds is 5. The van der Waals surface area contributed by atoms with Crippen LogP contribution in [0.5, 0.6) is 0 Å². The fourth-order valence-corrected chi connectivity index (χ4v) is 1.89. The second-order valence-electron chi connectivity index (χ2n) is 4.00. The zero-order valence-electron chi connectivity index (χ0n) is 10.5. The number of hydrogen-bond donors (Lipinski definition) is 1. The van der Waals surface area contributed by atoms with Gasteiger partial charge in [0.15, 0.2) is 0 Å². The number of unbranched alkanes of at least 4 members (excludes halogenated alkanes) is 1. The Morgan fingerprint density at radius 2 is 2.35 bits per heavy atom. The minimum atomic E-state index is -0.0495. The van der Waals surface area contributed by atoms with Gasteiger partial charge in [0.2, 0.25) is 0 Å². The number of halogens is 1. The van der Waals surface area contributed by atoms with Gasteiger partial charge in [-0.25, -0.2) is 4.79 Å². The molecule has 0 aromatic carbocycles. The van der Waals surface area contributed by atoms with E-state index in [0.29, 0.717) is 6.54 Å². The van der Waals surface area contributed by atoms with Crippen LogP contribution in [0.15, 0.2) is 10.7 Å². The minimum Gasteiger partial charge on any atom is -0.338 e. The van der Waals surface area contributed by atoms with Crippen molar-refractivity contribution in [1.29, 1.82) is 0 Å². The summed E-state index contributed by atoms with van der Waals surface area (Å²) in [5, 5.41) is 6.99. The van der Waals surface area contributed by atoms with Gasteiger partial charge in [-0.05, 0) is 22.4 Å². The fraction of sp³-hybridized carbons (Fsp3) is 0.636. The van der Waals surface area contributed by atoms with Crippen molar-refractivity contribution in [3.63, 3.8) is 0 Å². The van der Waals surface area contributed by atoms with Crippen molar-refractivity contribution in [3.8, 4) is 0 Å². The summed E-state index contributed by atoms with van der Waals surface area (Å²) in [7, 11) is 3.64. The summed E-state index contributed by atoms with van der Waals surface area (Å²) in [6.45, 7) is 3.36. The van der Waals surface area contributed by atoms with E-state index in [0.717, 1.165) is 29.6 Å². The van der Waals surface area contributed by atoms with Crippen molar-refractivity contribution in [2.75, 3.05) is 13.6 Å². The van der Waals surface area contributed by atoms with E-state index in [-0.39, 0.29) is 6.03 Å². The summed E-state index contributed by atoms with van der Waals surface area (Å²) >= 11 is 3.42. The van der Waals surface area contributed by atoms with Crippen LogP contribution >= 0.6 is 15.9 Å². The Hall–Kier alpha value is -1.04. The first-order valence-corrected chi connectivity index (χ1v) is 6.51. The monoisotopic (exact) mass is 302 g/mol. The summed E-state index contributed by atoms with van der Waals surface area (Å²) in [5.74, 6) is 0. The Morgan fingerprint density at radius 1 is 1.65 bits per heavy atom. The highest BCUT2D eigenvalue weighted by Gasteiger charge is 2.13. The SMILES string of the molecule is CCCCNC(=O)N(C)Cc1c(Br)cnn1C. The Morgan fingerprint density at radius 3 is 2.88 bits per heavy atom. The molecule has 6 heteroatoms. The van der Waals surface area contributed by atoms with Crippen molar-refractivity contribution in [2.45, 2.75) is 26.3 Å². The first-order chi connectivity index (χ1) is 8.06. The number of carbonyl (C=O) groups is 1. The molecule has 0 aliphatic heterocycles. The largest absolute Gasteiger partial charge is 0.338 e. The van der Waals surface area contributed by atoms with Gasteiger partial charge in [0.1, 0.15) is 0 Å². The average Bonchev–Trinajstić information content (AvgIpc) is 2.61. The lowest BCUT2D eigenvalue weighted by atomic mass is 10.3. The van der Waals surface area contributed by atoms with E-state index in [4.69, 9.17) is 0 Å². The van der Waals surface area contributed by atoms with Crippen LogP contribution in [-0.4, -0.2) is 34.3 Å². The van der Waals surface area contributed by atoms with E-state index in [1.165, 1.54) is 0 Å². The molecule has 17 heavy (non-hydrogen) atoms. The number of aromatic nitrogens is 2. The third kappa shape index (κ3) is 4.03. The van der Waals surface area contributed by atoms with E-state index in [9.17, 15) is 4.79 Å². The van der Waals surface area contributed by atoms with Gasteiger partial charge in [-0.15, -0.1) is 0 Å². The van der Waals surface area contributed by atoms with Crippen LogP contribution in [0, 0.1) is 0 Å². The lowest BCUT2D eigenvalue weighted by molar-refractivity contribution is 0.205. The van der Waals surface area contributed by atoms with E-state index in [1.54, 1.807) is 22.8 Å². The van der Waals surface area contributed by atoms with Gasteiger partial charge >= 0.3 is 6.03 Å². The Bertz CT molecular complexity index is 358. The maximum absolute atomic E-state index is 11.7. The predicted octanol–water partition coefficient (Wildman–Crippen LogP) is 2.12. The number of nitrogens with zero attached hydrogens (tertiary/aromatic N) is 3. The predicted molar refractivity (Wildman–Crippen MR) is 70.7 cm³/mol. The van der Waals surface area contributed by atoms with E-state index in [1.807, 2.05) is 7.05 Å². The highest BCUT2D eigenvalue weighted by molar-refractivity contribution is 9.10. The molecule has 2 amide bonds. The van der Waals surface area contributed by atoms with Crippen molar-refractivity contribution < 1.29 is 4.79 Å². The summed E-state index contributed by atoms with van der Waals surface area (Å²) in [6.07, 6.45) is 3.82. The molecule has 0 aliphatic rings. The molecular formula is C11H19BrN4O. The van der Waals surface area contributed by atoms with Gasteiger partial charge in [-0.1, -0.05) is 13.3 Å². The molecule has 0 saturated carbocycles. The fourth-order valence-electron chi connectivity index (χ4n) is 1.42. The van der Waals surface area contributed by atoms with E-state index in [2.05, 4.69) is 33.3 Å². The zero-order chi connectivity index (χ0) is 12.8. The molecule has 0 spiro atoms. The molecule has 1 aromatic heterocycles.